The lowest BCUT2D eigenvalue weighted by Gasteiger charge is -2.25. The molecule has 0 unspecified atom stereocenters. The Morgan fingerprint density at radius 1 is 1.27 bits per heavy atom. The van der Waals surface area contributed by atoms with Crippen LogP contribution < -0.4 is 0 Å². The number of hydrogen-bond donors (Lipinski definition) is 1. The second-order valence-corrected chi connectivity index (χ2v) is 6.58. The summed E-state index contributed by atoms with van der Waals surface area (Å²) in [5.41, 5.74) is 0. The van der Waals surface area contributed by atoms with Gasteiger partial charge in [-0.2, -0.15) is 0 Å². The minimum atomic E-state index is -2.92. The minimum absolute atomic E-state index is 0.0230. The van der Waals surface area contributed by atoms with E-state index in [0.29, 0.717) is 12.5 Å². The molecule has 0 radical (unpaired) electrons. The van der Waals surface area contributed by atoms with Crippen LogP contribution in [0.3, 0.4) is 0 Å². The van der Waals surface area contributed by atoms with Gasteiger partial charge in [0.2, 0.25) is 0 Å². The van der Waals surface area contributed by atoms with Crippen molar-refractivity contribution in [1.82, 2.24) is 4.90 Å². The predicted molar refractivity (Wildman–Crippen MR) is 54.4 cm³/mol. The van der Waals surface area contributed by atoms with Gasteiger partial charge in [0.05, 0.1) is 18.1 Å². The van der Waals surface area contributed by atoms with Crippen molar-refractivity contribution < 1.29 is 18.3 Å². The molecule has 0 spiro atoms. The van der Waals surface area contributed by atoms with Gasteiger partial charge in [-0.25, -0.2) is 8.42 Å². The van der Waals surface area contributed by atoms with Crippen LogP contribution in [0.4, 0.5) is 0 Å². The quantitative estimate of drug-likeness (QED) is 0.723. The van der Waals surface area contributed by atoms with E-state index in [4.69, 9.17) is 5.11 Å². The topological polar surface area (TPSA) is 74.7 Å². The molecule has 2 aliphatic rings. The van der Waals surface area contributed by atoms with Gasteiger partial charge in [-0.1, -0.05) is 0 Å². The molecule has 2 rings (SSSR count). The van der Waals surface area contributed by atoms with Gasteiger partial charge in [-0.3, -0.25) is 9.69 Å². The summed E-state index contributed by atoms with van der Waals surface area (Å²) in [6.45, 7) is -0.0230. The second-order valence-electron chi connectivity index (χ2n) is 4.35. The summed E-state index contributed by atoms with van der Waals surface area (Å²) in [7, 11) is -2.92. The summed E-state index contributed by atoms with van der Waals surface area (Å²) in [4.78, 5) is 12.5. The molecule has 1 saturated heterocycles. The van der Waals surface area contributed by atoms with Crippen LogP contribution in [-0.4, -0.2) is 54.5 Å². The molecule has 0 aromatic carbocycles. The molecule has 1 aliphatic heterocycles. The third kappa shape index (κ3) is 2.69. The van der Waals surface area contributed by atoms with E-state index in [-0.39, 0.29) is 24.1 Å². The van der Waals surface area contributed by atoms with Crippen molar-refractivity contribution in [1.29, 1.82) is 0 Å². The first-order valence-corrected chi connectivity index (χ1v) is 6.98. The molecule has 1 atom stereocenters. The second kappa shape index (κ2) is 3.75. The highest BCUT2D eigenvalue weighted by Crippen LogP contribution is 2.31. The molecule has 1 aliphatic carbocycles. The zero-order chi connectivity index (χ0) is 11.1. The number of carboxylic acids is 1. The van der Waals surface area contributed by atoms with E-state index in [0.717, 1.165) is 12.8 Å². The van der Waals surface area contributed by atoms with Crippen LogP contribution in [0.1, 0.15) is 19.3 Å². The Kier molecular flexibility index (Phi) is 2.72. The Labute approximate surface area is 89.0 Å². The molecule has 5 nitrogen and oxygen atoms in total. The SMILES string of the molecule is O=C(O)CN(C1CC1)[C@@H]1CCS(=O)(=O)C1. The van der Waals surface area contributed by atoms with Gasteiger partial charge in [-0.05, 0) is 19.3 Å². The van der Waals surface area contributed by atoms with Crippen molar-refractivity contribution in [3.05, 3.63) is 0 Å². The fourth-order valence-corrected chi connectivity index (χ4v) is 3.90. The van der Waals surface area contributed by atoms with Gasteiger partial charge in [0.25, 0.3) is 0 Å². The summed E-state index contributed by atoms with van der Waals surface area (Å²) in [6.07, 6.45) is 2.60. The van der Waals surface area contributed by atoms with E-state index >= 15 is 0 Å². The van der Waals surface area contributed by atoms with E-state index in [1.54, 1.807) is 0 Å². The Balaban J connectivity index is 2.02. The average molecular weight is 233 g/mol. The van der Waals surface area contributed by atoms with Crippen LogP contribution in [0.15, 0.2) is 0 Å². The molecule has 1 heterocycles. The van der Waals surface area contributed by atoms with Gasteiger partial charge in [0.15, 0.2) is 9.84 Å². The maximum Gasteiger partial charge on any atom is 0.317 e. The van der Waals surface area contributed by atoms with Crippen molar-refractivity contribution in [3.8, 4) is 0 Å². The van der Waals surface area contributed by atoms with Crippen LogP contribution in [0.2, 0.25) is 0 Å². The Bertz CT molecular complexity index is 360. The molecule has 0 aromatic heterocycles. The molecule has 1 saturated carbocycles. The minimum Gasteiger partial charge on any atom is -0.480 e. The van der Waals surface area contributed by atoms with E-state index in [1.165, 1.54) is 0 Å². The van der Waals surface area contributed by atoms with Crippen LogP contribution in [-0.2, 0) is 14.6 Å². The van der Waals surface area contributed by atoms with E-state index in [9.17, 15) is 13.2 Å². The van der Waals surface area contributed by atoms with Gasteiger partial charge in [-0.15, -0.1) is 0 Å². The fourth-order valence-electron chi connectivity index (χ4n) is 2.16. The molecular formula is C9H15NO4S. The Hall–Kier alpha value is -0.620. The molecule has 0 amide bonds. The van der Waals surface area contributed by atoms with Gasteiger partial charge in [0, 0.05) is 12.1 Å². The molecule has 1 N–H and O–H groups in total. The van der Waals surface area contributed by atoms with Crippen molar-refractivity contribution in [2.75, 3.05) is 18.1 Å². The van der Waals surface area contributed by atoms with Crippen LogP contribution in [0.25, 0.3) is 0 Å². The summed E-state index contributed by atoms with van der Waals surface area (Å²) in [6, 6.07) is 0.234. The number of nitrogens with zero attached hydrogens (tertiary/aromatic N) is 1. The summed E-state index contributed by atoms with van der Waals surface area (Å²) in [5, 5.41) is 8.76. The monoisotopic (exact) mass is 233 g/mol. The van der Waals surface area contributed by atoms with E-state index in [1.807, 2.05) is 4.90 Å². The largest absolute Gasteiger partial charge is 0.480 e. The number of carboxylic acid groups (broad SMARTS) is 1. The number of carbonyl (C=O) groups is 1. The summed E-state index contributed by atoms with van der Waals surface area (Å²) < 4.78 is 22.6. The fraction of sp³-hybridized carbons (Fsp3) is 0.889. The highest BCUT2D eigenvalue weighted by Gasteiger charge is 2.40. The summed E-state index contributed by atoms with van der Waals surface area (Å²) >= 11 is 0. The molecule has 86 valence electrons. The van der Waals surface area contributed by atoms with Crippen molar-refractivity contribution >= 4 is 15.8 Å². The van der Waals surface area contributed by atoms with E-state index < -0.39 is 15.8 Å². The zero-order valence-corrected chi connectivity index (χ0v) is 9.24. The maximum atomic E-state index is 11.3. The Morgan fingerprint density at radius 2 is 1.93 bits per heavy atom. The number of hydrogen-bond acceptors (Lipinski definition) is 4. The lowest BCUT2D eigenvalue weighted by molar-refractivity contribution is -0.139. The molecule has 6 heteroatoms. The molecular weight excluding hydrogens is 218 g/mol. The number of sulfone groups is 1. The first-order chi connectivity index (χ1) is 6.98. The third-order valence-corrected chi connectivity index (χ3v) is 4.76. The lowest BCUT2D eigenvalue weighted by atomic mass is 10.2. The number of rotatable bonds is 4. The van der Waals surface area contributed by atoms with Crippen LogP contribution in [0.5, 0.6) is 0 Å². The van der Waals surface area contributed by atoms with Crippen LogP contribution >= 0.6 is 0 Å². The van der Waals surface area contributed by atoms with Gasteiger partial charge >= 0.3 is 5.97 Å². The van der Waals surface area contributed by atoms with Gasteiger partial charge < -0.3 is 5.11 Å². The lowest BCUT2D eigenvalue weighted by Crippen LogP contribution is -2.41. The zero-order valence-electron chi connectivity index (χ0n) is 8.42. The predicted octanol–water partition coefficient (Wildman–Crippen LogP) is -0.277. The van der Waals surface area contributed by atoms with Crippen LogP contribution in [0, 0.1) is 0 Å². The van der Waals surface area contributed by atoms with E-state index in [2.05, 4.69) is 0 Å². The van der Waals surface area contributed by atoms with Crippen molar-refractivity contribution in [2.24, 2.45) is 0 Å². The molecule has 15 heavy (non-hydrogen) atoms. The molecule has 0 bridgehead atoms. The van der Waals surface area contributed by atoms with Crippen molar-refractivity contribution in [3.63, 3.8) is 0 Å². The molecule has 0 aromatic rings. The summed E-state index contributed by atoms with van der Waals surface area (Å²) in [5.74, 6) is -0.525. The average Bonchev–Trinajstić information content (AvgIpc) is 2.87. The normalized spacial score (nSPS) is 29.5. The highest BCUT2D eigenvalue weighted by atomic mass is 32.2. The maximum absolute atomic E-state index is 11.3. The van der Waals surface area contributed by atoms with Crippen molar-refractivity contribution in [2.45, 2.75) is 31.3 Å². The Morgan fingerprint density at radius 3 is 2.33 bits per heavy atom. The van der Waals surface area contributed by atoms with Gasteiger partial charge in [0.1, 0.15) is 0 Å². The first-order valence-electron chi connectivity index (χ1n) is 5.16. The third-order valence-electron chi connectivity index (χ3n) is 3.01. The first kappa shape index (κ1) is 10.9. The smallest absolute Gasteiger partial charge is 0.317 e. The number of aliphatic carboxylic acids is 1. The molecule has 2 fully saturated rings. The highest BCUT2D eigenvalue weighted by molar-refractivity contribution is 7.91. The standard InChI is InChI=1S/C9H15NO4S/c11-9(12)5-10(7-1-2-7)8-3-4-15(13,14)6-8/h7-8H,1-6H2,(H,11,12)/t8-/m1/s1.